The highest BCUT2D eigenvalue weighted by atomic mass is 32.2. The Morgan fingerprint density at radius 3 is 2.81 bits per heavy atom. The first kappa shape index (κ1) is 19.0. The van der Waals surface area contributed by atoms with E-state index in [1.807, 2.05) is 30.3 Å². The lowest BCUT2D eigenvalue weighted by Gasteiger charge is -2.36. The van der Waals surface area contributed by atoms with Gasteiger partial charge < -0.3 is 4.74 Å². The number of carbonyl (C=O) groups excluding carboxylic acids is 1. The van der Waals surface area contributed by atoms with Crippen molar-refractivity contribution in [3.63, 3.8) is 0 Å². The number of nitrogens with one attached hydrogen (secondary N) is 1. The molecule has 1 fully saturated rings. The first-order chi connectivity index (χ1) is 12.5. The van der Waals surface area contributed by atoms with Crippen molar-refractivity contribution in [2.75, 3.05) is 5.75 Å². The average Bonchev–Trinajstić information content (AvgIpc) is 3.09. The van der Waals surface area contributed by atoms with E-state index in [1.54, 1.807) is 0 Å². The average molecular weight is 374 g/mol. The minimum Gasteiger partial charge on any atom is -0.461 e. The van der Waals surface area contributed by atoms with Crippen LogP contribution in [0.4, 0.5) is 0 Å². The van der Waals surface area contributed by atoms with Gasteiger partial charge in [-0.2, -0.15) is 0 Å². The molecule has 0 bridgehead atoms. The fourth-order valence-corrected chi connectivity index (χ4v) is 4.19. The van der Waals surface area contributed by atoms with E-state index in [2.05, 4.69) is 36.0 Å². The van der Waals surface area contributed by atoms with Gasteiger partial charge >= 0.3 is 5.97 Å². The summed E-state index contributed by atoms with van der Waals surface area (Å²) in [4.78, 5) is 16.8. The van der Waals surface area contributed by atoms with E-state index in [9.17, 15) is 4.79 Å². The maximum atomic E-state index is 12.3. The van der Waals surface area contributed by atoms with Gasteiger partial charge in [-0.3, -0.25) is 9.89 Å². The monoisotopic (exact) mass is 373 g/mol. The Labute approximate surface area is 159 Å². The first-order valence-corrected chi connectivity index (χ1v) is 10.3. The Morgan fingerprint density at radius 1 is 1.31 bits per heavy atom. The third-order valence-corrected chi connectivity index (χ3v) is 5.90. The maximum Gasteiger partial charge on any atom is 0.316 e. The molecular formula is C20H27N3O2S. The van der Waals surface area contributed by atoms with E-state index in [0.717, 1.165) is 18.4 Å². The van der Waals surface area contributed by atoms with Crippen molar-refractivity contribution in [2.45, 2.75) is 51.3 Å². The minimum atomic E-state index is -0.175. The summed E-state index contributed by atoms with van der Waals surface area (Å²) in [6.45, 7) is 6.68. The van der Waals surface area contributed by atoms with Gasteiger partial charge in [0.2, 0.25) is 5.16 Å². The number of thioether (sulfide) groups is 1. The molecule has 3 rings (SSSR count). The van der Waals surface area contributed by atoms with Crippen molar-refractivity contribution in [1.82, 2.24) is 15.2 Å². The van der Waals surface area contributed by atoms with Gasteiger partial charge in [0.25, 0.3) is 0 Å². The SMILES string of the molecule is CC(C)[C@@H]1CC[C@H](C)C[C@H]1OC(=O)CSc1n[nH]c(-c2ccccc2)n1. The smallest absolute Gasteiger partial charge is 0.316 e. The lowest BCUT2D eigenvalue weighted by atomic mass is 9.75. The number of esters is 1. The number of hydrogen-bond acceptors (Lipinski definition) is 5. The molecule has 140 valence electrons. The first-order valence-electron chi connectivity index (χ1n) is 9.33. The predicted molar refractivity (Wildman–Crippen MR) is 104 cm³/mol. The molecule has 1 N–H and O–H groups in total. The summed E-state index contributed by atoms with van der Waals surface area (Å²) in [6, 6.07) is 9.82. The number of ether oxygens (including phenoxy) is 1. The highest BCUT2D eigenvalue weighted by molar-refractivity contribution is 7.99. The van der Waals surface area contributed by atoms with Crippen LogP contribution in [-0.2, 0) is 9.53 Å². The summed E-state index contributed by atoms with van der Waals surface area (Å²) in [5.41, 5.74) is 0.977. The van der Waals surface area contributed by atoms with Crippen LogP contribution < -0.4 is 0 Å². The molecule has 1 aromatic heterocycles. The number of carbonyl (C=O) groups is 1. The van der Waals surface area contributed by atoms with E-state index < -0.39 is 0 Å². The molecule has 1 aromatic carbocycles. The Morgan fingerprint density at radius 2 is 2.08 bits per heavy atom. The van der Waals surface area contributed by atoms with E-state index >= 15 is 0 Å². The summed E-state index contributed by atoms with van der Waals surface area (Å²) >= 11 is 1.32. The Balaban J connectivity index is 1.53. The van der Waals surface area contributed by atoms with Gasteiger partial charge in [-0.15, -0.1) is 5.10 Å². The van der Waals surface area contributed by atoms with E-state index in [1.165, 1.54) is 18.2 Å². The molecule has 6 heteroatoms. The van der Waals surface area contributed by atoms with Crippen molar-refractivity contribution in [2.24, 2.45) is 17.8 Å². The summed E-state index contributed by atoms with van der Waals surface area (Å²) in [7, 11) is 0. The van der Waals surface area contributed by atoms with E-state index in [4.69, 9.17) is 4.74 Å². The van der Waals surface area contributed by atoms with Crippen molar-refractivity contribution >= 4 is 17.7 Å². The zero-order valence-corrected chi connectivity index (χ0v) is 16.5. The molecular weight excluding hydrogens is 346 g/mol. The second-order valence-corrected chi connectivity index (χ2v) is 8.42. The molecule has 1 heterocycles. The zero-order chi connectivity index (χ0) is 18.5. The van der Waals surface area contributed by atoms with Gasteiger partial charge in [-0.25, -0.2) is 4.98 Å². The Bertz CT molecular complexity index is 717. The van der Waals surface area contributed by atoms with Crippen LogP contribution in [0.25, 0.3) is 11.4 Å². The molecule has 0 radical (unpaired) electrons. The molecule has 0 saturated heterocycles. The van der Waals surface area contributed by atoms with Crippen molar-refractivity contribution < 1.29 is 9.53 Å². The Hall–Kier alpha value is -1.82. The number of rotatable bonds is 6. The summed E-state index contributed by atoms with van der Waals surface area (Å²) in [6.07, 6.45) is 3.38. The molecule has 26 heavy (non-hydrogen) atoms. The van der Waals surface area contributed by atoms with Crippen LogP contribution >= 0.6 is 11.8 Å². The molecule has 0 unspecified atom stereocenters. The number of hydrogen-bond donors (Lipinski definition) is 1. The number of aromatic nitrogens is 3. The number of nitrogens with zero attached hydrogens (tertiary/aromatic N) is 2. The zero-order valence-electron chi connectivity index (χ0n) is 15.6. The van der Waals surface area contributed by atoms with Crippen molar-refractivity contribution in [3.8, 4) is 11.4 Å². The standard InChI is InChI=1S/C20H27N3O2S/c1-13(2)16-10-9-14(3)11-17(16)25-18(24)12-26-20-21-19(22-23-20)15-7-5-4-6-8-15/h4-8,13-14,16-17H,9-12H2,1-3H3,(H,21,22,23)/t14-,16-,17+/m0/s1. The highest BCUT2D eigenvalue weighted by Gasteiger charge is 2.33. The second-order valence-electron chi connectivity index (χ2n) is 7.48. The van der Waals surface area contributed by atoms with Gasteiger partial charge in [0.15, 0.2) is 5.82 Å². The lowest BCUT2D eigenvalue weighted by molar-refractivity contribution is -0.152. The normalized spacial score (nSPS) is 23.2. The number of H-pyrrole nitrogens is 1. The minimum absolute atomic E-state index is 0.0406. The van der Waals surface area contributed by atoms with Gasteiger partial charge in [0, 0.05) is 5.56 Å². The predicted octanol–water partition coefficient (Wildman–Crippen LogP) is 4.57. The third-order valence-electron chi connectivity index (χ3n) is 5.08. The molecule has 0 amide bonds. The van der Waals surface area contributed by atoms with Gasteiger partial charge in [0.1, 0.15) is 6.10 Å². The van der Waals surface area contributed by atoms with Crippen molar-refractivity contribution in [1.29, 1.82) is 0 Å². The van der Waals surface area contributed by atoms with E-state index in [0.29, 0.717) is 28.7 Å². The topological polar surface area (TPSA) is 67.9 Å². The number of aromatic amines is 1. The van der Waals surface area contributed by atoms with Crippen LogP contribution in [0.2, 0.25) is 0 Å². The molecule has 2 aromatic rings. The molecule has 1 saturated carbocycles. The van der Waals surface area contributed by atoms with Gasteiger partial charge in [-0.1, -0.05) is 69.3 Å². The fourth-order valence-electron chi connectivity index (χ4n) is 3.61. The quantitative estimate of drug-likeness (QED) is 0.593. The van der Waals surface area contributed by atoms with Crippen LogP contribution in [0.5, 0.6) is 0 Å². The second kappa shape index (κ2) is 8.71. The van der Waals surface area contributed by atoms with Gasteiger partial charge in [0.05, 0.1) is 5.75 Å². The summed E-state index contributed by atoms with van der Waals surface area (Å²) < 4.78 is 5.82. The number of benzene rings is 1. The van der Waals surface area contributed by atoms with E-state index in [-0.39, 0.29) is 17.8 Å². The molecule has 5 nitrogen and oxygen atoms in total. The Kier molecular flexibility index (Phi) is 6.35. The molecule has 3 atom stereocenters. The van der Waals surface area contributed by atoms with Gasteiger partial charge in [-0.05, 0) is 30.6 Å². The largest absolute Gasteiger partial charge is 0.461 e. The van der Waals surface area contributed by atoms with Crippen LogP contribution in [-0.4, -0.2) is 33.0 Å². The van der Waals surface area contributed by atoms with Crippen LogP contribution in [0.3, 0.4) is 0 Å². The summed E-state index contributed by atoms with van der Waals surface area (Å²) in [5, 5.41) is 7.67. The molecule has 1 aliphatic rings. The van der Waals surface area contributed by atoms with Crippen LogP contribution in [0, 0.1) is 17.8 Å². The van der Waals surface area contributed by atoms with Crippen LogP contribution in [0.15, 0.2) is 35.5 Å². The van der Waals surface area contributed by atoms with Crippen molar-refractivity contribution in [3.05, 3.63) is 30.3 Å². The highest BCUT2D eigenvalue weighted by Crippen LogP contribution is 2.35. The van der Waals surface area contributed by atoms with Crippen LogP contribution in [0.1, 0.15) is 40.0 Å². The summed E-state index contributed by atoms with van der Waals surface area (Å²) in [5.74, 6) is 2.40. The fraction of sp³-hybridized carbons (Fsp3) is 0.550. The molecule has 0 aliphatic heterocycles. The third kappa shape index (κ3) is 4.87. The molecule has 1 aliphatic carbocycles. The maximum absolute atomic E-state index is 12.3. The lowest BCUT2D eigenvalue weighted by Crippen LogP contribution is -2.36. The molecule has 0 spiro atoms.